The number of aryl methyl sites for hydroxylation is 1. The van der Waals surface area contributed by atoms with E-state index in [2.05, 4.69) is 0 Å². The van der Waals surface area contributed by atoms with Gasteiger partial charge in [-0.15, -0.1) is 0 Å². The van der Waals surface area contributed by atoms with E-state index in [1.165, 1.54) is 14.2 Å². The van der Waals surface area contributed by atoms with Gasteiger partial charge in [-0.1, -0.05) is 13.0 Å². The molecule has 0 aliphatic heterocycles. The molecule has 0 unspecified atom stereocenters. The Balaban J connectivity index is 3.50. The van der Waals surface area contributed by atoms with Crippen LogP contribution >= 0.6 is 0 Å². The summed E-state index contributed by atoms with van der Waals surface area (Å²) in [6, 6.07) is 3.31. The van der Waals surface area contributed by atoms with Crippen LogP contribution in [0.1, 0.15) is 22.8 Å². The van der Waals surface area contributed by atoms with Gasteiger partial charge in [0.2, 0.25) is 0 Å². The van der Waals surface area contributed by atoms with E-state index in [1.807, 2.05) is 6.92 Å². The molecule has 0 radical (unpaired) electrons. The molecule has 0 saturated heterocycles. The van der Waals surface area contributed by atoms with Crippen molar-refractivity contribution in [2.45, 2.75) is 13.3 Å². The molecule has 1 rings (SSSR count). The van der Waals surface area contributed by atoms with Gasteiger partial charge in [0.15, 0.2) is 0 Å². The van der Waals surface area contributed by atoms with Gasteiger partial charge in [-0.2, -0.15) is 0 Å². The van der Waals surface area contributed by atoms with Crippen molar-refractivity contribution >= 4 is 11.8 Å². The van der Waals surface area contributed by atoms with Gasteiger partial charge in [0.1, 0.15) is 17.1 Å². The summed E-state index contributed by atoms with van der Waals surface area (Å²) >= 11 is 0. The van der Waals surface area contributed by atoms with E-state index in [1.54, 1.807) is 12.1 Å². The molecule has 0 atom stereocenters. The van der Waals surface area contributed by atoms with Gasteiger partial charge in [0, 0.05) is 0 Å². The lowest BCUT2D eigenvalue weighted by atomic mass is 10.0. The summed E-state index contributed by atoms with van der Waals surface area (Å²) in [5, 5.41) is 8.78. The molecular weight excluding hydrogens is 224 g/mol. The molecule has 0 aliphatic rings. The van der Waals surface area contributed by atoms with Crippen molar-refractivity contribution in [1.29, 1.82) is 0 Å². The number of ether oxygens (including phenoxy) is 2. The molecule has 1 N–H and O–H groups in total. The number of carbonyl (C=O) groups excluding carboxylic acids is 1. The number of ketones is 1. The Kier molecular flexibility index (Phi) is 4.09. The minimum absolute atomic E-state index is 0.0400. The number of carboxylic acid groups (broad SMARTS) is 1. The molecule has 1 aromatic carbocycles. The van der Waals surface area contributed by atoms with E-state index in [0.29, 0.717) is 6.42 Å². The highest BCUT2D eigenvalue weighted by Crippen LogP contribution is 2.32. The van der Waals surface area contributed by atoms with Gasteiger partial charge in [-0.25, -0.2) is 4.79 Å². The summed E-state index contributed by atoms with van der Waals surface area (Å²) in [4.78, 5) is 22.4. The van der Waals surface area contributed by atoms with E-state index >= 15 is 0 Å². The minimum Gasteiger partial charge on any atom is -0.496 e. The van der Waals surface area contributed by atoms with Gasteiger partial charge in [0.05, 0.1) is 14.2 Å². The minimum atomic E-state index is -1.53. The van der Waals surface area contributed by atoms with Crippen LogP contribution in [0, 0.1) is 0 Å². The van der Waals surface area contributed by atoms with Crippen molar-refractivity contribution in [3.05, 3.63) is 23.3 Å². The third kappa shape index (κ3) is 2.38. The van der Waals surface area contributed by atoms with Crippen molar-refractivity contribution in [3.63, 3.8) is 0 Å². The Morgan fingerprint density at radius 2 is 1.88 bits per heavy atom. The zero-order valence-electron chi connectivity index (χ0n) is 9.94. The molecule has 0 aliphatic carbocycles. The highest BCUT2D eigenvalue weighted by Gasteiger charge is 2.25. The number of hydrogen-bond acceptors (Lipinski definition) is 4. The molecule has 92 valence electrons. The first kappa shape index (κ1) is 13.0. The van der Waals surface area contributed by atoms with Crippen LogP contribution in [0.3, 0.4) is 0 Å². The standard InChI is InChI=1S/C12H14O5/c1-4-7-5-6-8(16-2)9(11(7)17-3)10(13)12(14)15/h5-6H,4H2,1-3H3,(H,14,15). The van der Waals surface area contributed by atoms with Crippen molar-refractivity contribution in [2.24, 2.45) is 0 Å². The highest BCUT2D eigenvalue weighted by molar-refractivity contribution is 6.41. The van der Waals surface area contributed by atoms with Crippen molar-refractivity contribution in [2.75, 3.05) is 14.2 Å². The van der Waals surface area contributed by atoms with Crippen LogP contribution in [-0.2, 0) is 11.2 Å². The maximum Gasteiger partial charge on any atom is 0.377 e. The molecular formula is C12H14O5. The first-order chi connectivity index (χ1) is 8.06. The van der Waals surface area contributed by atoms with E-state index in [9.17, 15) is 9.59 Å². The number of rotatable bonds is 5. The fraction of sp³-hybridized carbons (Fsp3) is 0.333. The largest absolute Gasteiger partial charge is 0.496 e. The van der Waals surface area contributed by atoms with Crippen molar-refractivity contribution in [1.82, 2.24) is 0 Å². The SMILES string of the molecule is CCc1ccc(OC)c(C(=O)C(=O)O)c1OC. The third-order valence-corrected chi connectivity index (χ3v) is 2.43. The summed E-state index contributed by atoms with van der Waals surface area (Å²) in [6.07, 6.45) is 0.632. The molecule has 17 heavy (non-hydrogen) atoms. The molecule has 1 aromatic rings. The molecule has 5 heteroatoms. The number of aliphatic carboxylic acids is 1. The smallest absolute Gasteiger partial charge is 0.377 e. The second kappa shape index (κ2) is 5.34. The predicted octanol–water partition coefficient (Wildman–Crippen LogP) is 1.53. The molecule has 0 amide bonds. The average Bonchev–Trinajstić information content (AvgIpc) is 2.35. The van der Waals surface area contributed by atoms with Crippen LogP contribution < -0.4 is 9.47 Å². The molecule has 0 spiro atoms. The monoisotopic (exact) mass is 238 g/mol. The predicted molar refractivity (Wildman–Crippen MR) is 60.9 cm³/mol. The van der Waals surface area contributed by atoms with Crippen LogP contribution in [0.25, 0.3) is 0 Å². The summed E-state index contributed by atoms with van der Waals surface area (Å²) in [6.45, 7) is 1.89. The number of benzene rings is 1. The summed E-state index contributed by atoms with van der Waals surface area (Å²) < 4.78 is 10.1. The van der Waals surface area contributed by atoms with Gasteiger partial charge in [0.25, 0.3) is 5.78 Å². The van der Waals surface area contributed by atoms with Crippen LogP contribution in [0.4, 0.5) is 0 Å². The molecule has 0 fully saturated rings. The molecule has 0 bridgehead atoms. The van der Waals surface area contributed by atoms with E-state index < -0.39 is 11.8 Å². The lowest BCUT2D eigenvalue weighted by molar-refractivity contribution is -0.131. The van der Waals surface area contributed by atoms with E-state index in [4.69, 9.17) is 14.6 Å². The fourth-order valence-corrected chi connectivity index (χ4v) is 1.61. The van der Waals surface area contributed by atoms with E-state index in [0.717, 1.165) is 5.56 Å². The van der Waals surface area contributed by atoms with Crippen molar-refractivity contribution < 1.29 is 24.2 Å². The van der Waals surface area contributed by atoms with E-state index in [-0.39, 0.29) is 17.1 Å². The number of Topliss-reactive ketones (excluding diaryl/α,β-unsaturated/α-hetero) is 1. The second-order valence-electron chi connectivity index (χ2n) is 3.32. The van der Waals surface area contributed by atoms with Crippen LogP contribution in [0.5, 0.6) is 11.5 Å². The van der Waals surface area contributed by atoms with Gasteiger partial charge in [-0.3, -0.25) is 4.79 Å². The number of carbonyl (C=O) groups is 2. The van der Waals surface area contributed by atoms with Crippen molar-refractivity contribution in [3.8, 4) is 11.5 Å². The second-order valence-corrected chi connectivity index (χ2v) is 3.32. The quantitative estimate of drug-likeness (QED) is 0.622. The first-order valence-electron chi connectivity index (χ1n) is 5.08. The number of hydrogen-bond donors (Lipinski definition) is 1. The van der Waals surface area contributed by atoms with Gasteiger partial charge in [-0.05, 0) is 18.1 Å². The fourth-order valence-electron chi connectivity index (χ4n) is 1.61. The summed E-state index contributed by atoms with van der Waals surface area (Å²) in [5.41, 5.74) is 0.722. The zero-order chi connectivity index (χ0) is 13.0. The molecule has 5 nitrogen and oxygen atoms in total. The lowest BCUT2D eigenvalue weighted by Gasteiger charge is -2.14. The number of methoxy groups -OCH3 is 2. The lowest BCUT2D eigenvalue weighted by Crippen LogP contribution is -2.16. The Bertz CT molecular complexity index is 450. The topological polar surface area (TPSA) is 72.8 Å². The van der Waals surface area contributed by atoms with Crippen LogP contribution in [0.2, 0.25) is 0 Å². The molecule has 0 heterocycles. The van der Waals surface area contributed by atoms with Crippen LogP contribution in [0.15, 0.2) is 12.1 Å². The van der Waals surface area contributed by atoms with Gasteiger partial charge >= 0.3 is 5.97 Å². The third-order valence-electron chi connectivity index (χ3n) is 2.43. The first-order valence-corrected chi connectivity index (χ1v) is 5.08. The Morgan fingerprint density at radius 3 is 2.29 bits per heavy atom. The van der Waals surface area contributed by atoms with Gasteiger partial charge < -0.3 is 14.6 Å². The zero-order valence-corrected chi connectivity index (χ0v) is 9.94. The maximum absolute atomic E-state index is 11.6. The maximum atomic E-state index is 11.6. The Hall–Kier alpha value is -2.04. The normalized spacial score (nSPS) is 9.82. The summed E-state index contributed by atoms with van der Waals surface area (Å²) in [7, 11) is 2.77. The average molecular weight is 238 g/mol. The van der Waals surface area contributed by atoms with Crippen LogP contribution in [-0.4, -0.2) is 31.1 Å². The highest BCUT2D eigenvalue weighted by atomic mass is 16.5. The molecule has 0 aromatic heterocycles. The Labute approximate surface area is 99.0 Å². The molecule has 0 saturated carbocycles. The Morgan fingerprint density at radius 1 is 1.24 bits per heavy atom. The number of carboxylic acids is 1. The summed E-state index contributed by atoms with van der Waals surface area (Å²) in [5.74, 6) is -2.10.